The van der Waals surface area contributed by atoms with Gasteiger partial charge in [0, 0.05) is 13.1 Å². The SMILES string of the molecule is CC(C)C[C@@H](N)C(=O)N1CC(O)C(O)C1. The summed E-state index contributed by atoms with van der Waals surface area (Å²) in [5.41, 5.74) is 5.73. The van der Waals surface area contributed by atoms with E-state index in [1.807, 2.05) is 13.8 Å². The van der Waals surface area contributed by atoms with Crippen molar-refractivity contribution in [3.05, 3.63) is 0 Å². The number of nitrogens with zero attached hydrogens (tertiary/aromatic N) is 1. The maximum atomic E-state index is 11.8. The van der Waals surface area contributed by atoms with Gasteiger partial charge < -0.3 is 20.8 Å². The maximum Gasteiger partial charge on any atom is 0.239 e. The van der Waals surface area contributed by atoms with Crippen molar-refractivity contribution in [2.24, 2.45) is 11.7 Å². The highest BCUT2D eigenvalue weighted by Gasteiger charge is 2.34. The number of amides is 1. The zero-order valence-corrected chi connectivity index (χ0v) is 9.26. The molecule has 1 rings (SSSR count). The third-order valence-electron chi connectivity index (χ3n) is 2.61. The number of hydrogen-bond acceptors (Lipinski definition) is 4. The largest absolute Gasteiger partial charge is 0.388 e. The van der Waals surface area contributed by atoms with Gasteiger partial charge in [-0.25, -0.2) is 0 Å². The van der Waals surface area contributed by atoms with Gasteiger partial charge in [0.05, 0.1) is 18.2 Å². The van der Waals surface area contributed by atoms with Gasteiger partial charge in [0.25, 0.3) is 0 Å². The van der Waals surface area contributed by atoms with Gasteiger partial charge in [0.2, 0.25) is 5.91 Å². The van der Waals surface area contributed by atoms with E-state index in [1.165, 1.54) is 4.90 Å². The normalized spacial score (nSPS) is 28.5. The third kappa shape index (κ3) is 3.15. The van der Waals surface area contributed by atoms with E-state index < -0.39 is 18.2 Å². The van der Waals surface area contributed by atoms with Crippen LogP contribution in [-0.4, -0.2) is 52.4 Å². The number of carbonyl (C=O) groups excluding carboxylic acids is 1. The second-order valence-electron chi connectivity index (χ2n) is 4.61. The van der Waals surface area contributed by atoms with E-state index >= 15 is 0 Å². The first-order chi connectivity index (χ1) is 6.91. The molecule has 1 saturated heterocycles. The molecule has 0 radical (unpaired) electrons. The Hall–Kier alpha value is -0.650. The lowest BCUT2D eigenvalue weighted by molar-refractivity contribution is -0.132. The molecular weight excluding hydrogens is 196 g/mol. The second kappa shape index (κ2) is 4.92. The van der Waals surface area contributed by atoms with Crippen LogP contribution >= 0.6 is 0 Å². The Labute approximate surface area is 89.9 Å². The molecule has 88 valence electrons. The summed E-state index contributed by atoms with van der Waals surface area (Å²) in [5, 5.41) is 18.6. The summed E-state index contributed by atoms with van der Waals surface area (Å²) in [6, 6.07) is -0.525. The zero-order valence-electron chi connectivity index (χ0n) is 9.26. The van der Waals surface area contributed by atoms with Crippen LogP contribution in [-0.2, 0) is 4.79 Å². The molecule has 1 heterocycles. The van der Waals surface area contributed by atoms with Crippen molar-refractivity contribution in [3.8, 4) is 0 Å². The average Bonchev–Trinajstić information content (AvgIpc) is 2.44. The minimum absolute atomic E-state index is 0.181. The van der Waals surface area contributed by atoms with E-state index in [0.29, 0.717) is 12.3 Å². The summed E-state index contributed by atoms with van der Waals surface area (Å²) in [6.07, 6.45) is -1.04. The van der Waals surface area contributed by atoms with Crippen LogP contribution < -0.4 is 5.73 Å². The Balaban J connectivity index is 2.47. The molecule has 2 unspecified atom stereocenters. The van der Waals surface area contributed by atoms with Crippen LogP contribution in [0.25, 0.3) is 0 Å². The molecule has 4 N–H and O–H groups in total. The Morgan fingerprint density at radius 2 is 1.87 bits per heavy atom. The van der Waals surface area contributed by atoms with Crippen LogP contribution in [0.2, 0.25) is 0 Å². The molecule has 0 aliphatic carbocycles. The van der Waals surface area contributed by atoms with E-state index in [1.54, 1.807) is 0 Å². The molecule has 0 aromatic carbocycles. The highest BCUT2D eigenvalue weighted by atomic mass is 16.3. The first-order valence-corrected chi connectivity index (χ1v) is 5.32. The highest BCUT2D eigenvalue weighted by Crippen LogP contribution is 2.13. The quantitative estimate of drug-likeness (QED) is 0.560. The van der Waals surface area contributed by atoms with Crippen molar-refractivity contribution in [2.75, 3.05) is 13.1 Å². The molecule has 1 fully saturated rings. The summed E-state index contributed by atoms with van der Waals surface area (Å²) < 4.78 is 0. The Kier molecular flexibility index (Phi) is 4.07. The van der Waals surface area contributed by atoms with E-state index in [-0.39, 0.29) is 19.0 Å². The topological polar surface area (TPSA) is 86.8 Å². The van der Waals surface area contributed by atoms with Crippen LogP contribution in [0, 0.1) is 5.92 Å². The third-order valence-corrected chi connectivity index (χ3v) is 2.61. The fraction of sp³-hybridized carbons (Fsp3) is 0.900. The minimum Gasteiger partial charge on any atom is -0.388 e. The number of aliphatic hydroxyl groups is 2. The van der Waals surface area contributed by atoms with Crippen LogP contribution in [0.5, 0.6) is 0 Å². The highest BCUT2D eigenvalue weighted by molar-refractivity contribution is 5.82. The van der Waals surface area contributed by atoms with Crippen LogP contribution in [0.15, 0.2) is 0 Å². The maximum absolute atomic E-state index is 11.8. The summed E-state index contributed by atoms with van der Waals surface area (Å²) in [7, 11) is 0. The lowest BCUT2D eigenvalue weighted by Crippen LogP contribution is -2.43. The van der Waals surface area contributed by atoms with E-state index in [4.69, 9.17) is 5.73 Å². The number of β-amino-alcohol motifs (C(OH)–C–C–N with tert-alkyl or cyclic N) is 2. The monoisotopic (exact) mass is 216 g/mol. The molecule has 0 spiro atoms. The van der Waals surface area contributed by atoms with Gasteiger partial charge >= 0.3 is 0 Å². The van der Waals surface area contributed by atoms with Crippen molar-refractivity contribution in [3.63, 3.8) is 0 Å². The molecule has 0 saturated carbocycles. The summed E-state index contributed by atoms with van der Waals surface area (Å²) in [4.78, 5) is 13.2. The minimum atomic E-state index is -0.833. The molecule has 5 heteroatoms. The van der Waals surface area contributed by atoms with Crippen LogP contribution in [0.4, 0.5) is 0 Å². The van der Waals surface area contributed by atoms with Crippen molar-refractivity contribution in [1.82, 2.24) is 4.90 Å². The fourth-order valence-corrected chi connectivity index (χ4v) is 1.79. The lowest BCUT2D eigenvalue weighted by Gasteiger charge is -2.21. The van der Waals surface area contributed by atoms with Gasteiger partial charge in [0.1, 0.15) is 0 Å². The first kappa shape index (κ1) is 12.4. The molecule has 1 amide bonds. The number of hydrogen-bond donors (Lipinski definition) is 3. The van der Waals surface area contributed by atoms with Gasteiger partial charge in [-0.15, -0.1) is 0 Å². The molecule has 0 aromatic heterocycles. The number of carbonyl (C=O) groups is 1. The average molecular weight is 216 g/mol. The predicted octanol–water partition coefficient (Wildman–Crippen LogP) is -1.08. The van der Waals surface area contributed by atoms with Crippen LogP contribution in [0.1, 0.15) is 20.3 Å². The molecule has 1 aliphatic rings. The van der Waals surface area contributed by atoms with Crippen molar-refractivity contribution in [1.29, 1.82) is 0 Å². The number of aliphatic hydroxyl groups excluding tert-OH is 2. The molecule has 0 aromatic rings. The summed E-state index contributed by atoms with van der Waals surface area (Å²) in [5.74, 6) is 0.181. The zero-order chi connectivity index (χ0) is 11.6. The van der Waals surface area contributed by atoms with Crippen molar-refractivity contribution in [2.45, 2.75) is 38.5 Å². The van der Waals surface area contributed by atoms with Gasteiger partial charge in [-0.2, -0.15) is 0 Å². The molecule has 0 bridgehead atoms. The Bertz CT molecular complexity index is 223. The number of likely N-dealkylation sites (tertiary alicyclic amines) is 1. The molecule has 1 aliphatic heterocycles. The number of rotatable bonds is 3. The van der Waals surface area contributed by atoms with Crippen LogP contribution in [0.3, 0.4) is 0 Å². The predicted molar refractivity (Wildman–Crippen MR) is 56.0 cm³/mol. The standard InChI is InChI=1S/C10H20N2O3/c1-6(2)3-7(11)10(15)12-4-8(13)9(14)5-12/h6-9,13-14H,3-5,11H2,1-2H3/t7-,8?,9?/m1/s1. The van der Waals surface area contributed by atoms with Crippen molar-refractivity contribution >= 4 is 5.91 Å². The smallest absolute Gasteiger partial charge is 0.239 e. The van der Waals surface area contributed by atoms with Crippen molar-refractivity contribution < 1.29 is 15.0 Å². The van der Waals surface area contributed by atoms with Gasteiger partial charge in [0.15, 0.2) is 0 Å². The van der Waals surface area contributed by atoms with Gasteiger partial charge in [-0.05, 0) is 12.3 Å². The van der Waals surface area contributed by atoms with Gasteiger partial charge in [-0.1, -0.05) is 13.8 Å². The van der Waals surface area contributed by atoms with E-state index in [2.05, 4.69) is 0 Å². The lowest BCUT2D eigenvalue weighted by atomic mass is 10.0. The first-order valence-electron chi connectivity index (χ1n) is 5.32. The Morgan fingerprint density at radius 3 is 2.27 bits per heavy atom. The Morgan fingerprint density at radius 1 is 1.40 bits per heavy atom. The number of nitrogens with two attached hydrogens (primary N) is 1. The van der Waals surface area contributed by atoms with E-state index in [9.17, 15) is 15.0 Å². The molecular formula is C10H20N2O3. The molecule has 3 atom stereocenters. The fourth-order valence-electron chi connectivity index (χ4n) is 1.79. The van der Waals surface area contributed by atoms with E-state index in [0.717, 1.165) is 0 Å². The van der Waals surface area contributed by atoms with Gasteiger partial charge in [-0.3, -0.25) is 4.79 Å². The summed E-state index contributed by atoms with van der Waals surface area (Å²) in [6.45, 7) is 4.37. The molecule has 15 heavy (non-hydrogen) atoms. The summed E-state index contributed by atoms with van der Waals surface area (Å²) >= 11 is 0. The second-order valence-corrected chi connectivity index (χ2v) is 4.61. The molecule has 5 nitrogen and oxygen atoms in total.